The van der Waals surface area contributed by atoms with Crippen molar-refractivity contribution in [3.8, 4) is 0 Å². The van der Waals surface area contributed by atoms with E-state index in [0.29, 0.717) is 12.1 Å². The van der Waals surface area contributed by atoms with E-state index in [9.17, 15) is 39.6 Å². The summed E-state index contributed by atoms with van der Waals surface area (Å²) in [6.07, 6.45) is -8.58. The van der Waals surface area contributed by atoms with Gasteiger partial charge in [-0.25, -0.2) is 22.9 Å². The molecule has 0 aliphatic heterocycles. The van der Waals surface area contributed by atoms with Gasteiger partial charge in [0.05, 0.1) is 10.5 Å². The van der Waals surface area contributed by atoms with E-state index in [1.54, 1.807) is 0 Å². The fraction of sp³-hybridized carbons (Fsp3) is 0.200. The highest BCUT2D eigenvalue weighted by atomic mass is 32.2. The van der Waals surface area contributed by atoms with Crippen LogP contribution in [0.4, 0.5) is 42.6 Å². The summed E-state index contributed by atoms with van der Waals surface area (Å²) in [5.74, 6) is -0.423. The summed E-state index contributed by atoms with van der Waals surface area (Å²) in [6.45, 7) is -1.78. The zero-order valence-corrected chi connectivity index (χ0v) is 14.9. The molecule has 0 unspecified atom stereocenters. The van der Waals surface area contributed by atoms with E-state index < -0.39 is 51.2 Å². The minimum absolute atomic E-state index is 0.135. The van der Waals surface area contributed by atoms with Gasteiger partial charge in [-0.3, -0.25) is 5.32 Å². The van der Waals surface area contributed by atoms with Crippen molar-refractivity contribution in [2.24, 2.45) is 0 Å². The second-order valence-corrected chi connectivity index (χ2v) is 7.24. The van der Waals surface area contributed by atoms with Gasteiger partial charge in [-0.05, 0) is 30.3 Å². The van der Waals surface area contributed by atoms with Crippen molar-refractivity contribution in [3.63, 3.8) is 0 Å². The van der Waals surface area contributed by atoms with E-state index in [2.05, 4.69) is 10.3 Å². The van der Waals surface area contributed by atoms with Gasteiger partial charge in [0, 0.05) is 11.9 Å². The summed E-state index contributed by atoms with van der Waals surface area (Å²) >= 11 is 0. The quantitative estimate of drug-likeness (QED) is 0.617. The molecule has 2 rings (SSSR count). The minimum atomic E-state index is -4.76. The Labute approximate surface area is 160 Å². The number of nitrogens with zero attached hydrogens (tertiary/aromatic N) is 1. The molecule has 0 saturated heterocycles. The Bertz CT molecular complexity index is 992. The smallest absolute Gasteiger partial charge is 0.308 e. The molecule has 3 N–H and O–H groups in total. The predicted octanol–water partition coefficient (Wildman–Crippen LogP) is 3.59. The van der Waals surface area contributed by atoms with Gasteiger partial charge in [-0.2, -0.15) is 26.3 Å². The number of hydrogen-bond donors (Lipinski definition) is 3. The molecule has 0 radical (unpaired) electrons. The third kappa shape index (κ3) is 6.90. The first-order valence-electron chi connectivity index (χ1n) is 7.54. The normalized spacial score (nSPS) is 12.5. The lowest BCUT2D eigenvalue weighted by Crippen LogP contribution is -2.33. The Hall–Kier alpha value is -2.87. The van der Waals surface area contributed by atoms with Crippen molar-refractivity contribution >= 4 is 27.6 Å². The molecule has 7 nitrogen and oxygen atoms in total. The van der Waals surface area contributed by atoms with Gasteiger partial charge in [0.1, 0.15) is 12.4 Å². The van der Waals surface area contributed by atoms with Crippen LogP contribution in [0.3, 0.4) is 0 Å². The highest BCUT2D eigenvalue weighted by Crippen LogP contribution is 2.30. The number of hydrogen-bond acceptors (Lipinski definition) is 4. The molecule has 2 amide bonds. The molecule has 0 atom stereocenters. The van der Waals surface area contributed by atoms with E-state index >= 15 is 0 Å². The van der Waals surface area contributed by atoms with Crippen molar-refractivity contribution in [1.29, 1.82) is 0 Å². The molecule has 0 aliphatic carbocycles. The van der Waals surface area contributed by atoms with E-state index in [4.69, 9.17) is 0 Å². The fourth-order valence-electron chi connectivity index (χ4n) is 1.96. The molecule has 1 aromatic heterocycles. The zero-order valence-electron chi connectivity index (χ0n) is 14.1. The number of pyridine rings is 1. The Morgan fingerprint density at radius 1 is 1.00 bits per heavy atom. The average molecular weight is 442 g/mol. The van der Waals surface area contributed by atoms with Crippen molar-refractivity contribution in [2.45, 2.75) is 17.2 Å². The topological polar surface area (TPSA) is 100 Å². The lowest BCUT2D eigenvalue weighted by Gasteiger charge is -2.12. The zero-order chi connectivity index (χ0) is 21.9. The Morgan fingerprint density at radius 3 is 2.31 bits per heavy atom. The second kappa shape index (κ2) is 8.24. The first kappa shape index (κ1) is 22.4. The number of rotatable bonds is 5. The first-order valence-corrected chi connectivity index (χ1v) is 9.02. The van der Waals surface area contributed by atoms with Crippen LogP contribution >= 0.6 is 0 Å². The molecule has 0 fully saturated rings. The first-order chi connectivity index (χ1) is 13.3. The van der Waals surface area contributed by atoms with Gasteiger partial charge in [0.2, 0.25) is 10.0 Å². The molecule has 1 aromatic carbocycles. The molecular formula is C15H12F6N4O3S. The van der Waals surface area contributed by atoms with Crippen LogP contribution in [-0.2, 0) is 16.2 Å². The summed E-state index contributed by atoms with van der Waals surface area (Å²) in [5, 5.41) is 4.18. The summed E-state index contributed by atoms with van der Waals surface area (Å²) in [4.78, 5) is 14.9. The van der Waals surface area contributed by atoms with Crippen LogP contribution in [0, 0.1) is 0 Å². The van der Waals surface area contributed by atoms with Crippen LogP contribution in [0.1, 0.15) is 5.56 Å². The largest absolute Gasteiger partial charge is 0.416 e. The fourth-order valence-corrected chi connectivity index (χ4v) is 3.02. The standard InChI is InChI=1S/C15H12F6N4O3S/c16-14(17,18)8-23-29(27,28)11-3-1-2-10(7-11)24-13(26)25-12-6-9(4-5-22-12)15(19,20)21/h1-7,23H,8H2,(H2,22,24,25,26). The predicted molar refractivity (Wildman–Crippen MR) is 89.6 cm³/mol. The average Bonchev–Trinajstić information content (AvgIpc) is 2.59. The highest BCUT2D eigenvalue weighted by molar-refractivity contribution is 7.89. The van der Waals surface area contributed by atoms with Gasteiger partial charge in [-0.15, -0.1) is 0 Å². The molecule has 29 heavy (non-hydrogen) atoms. The number of aromatic nitrogens is 1. The number of carbonyl (C=O) groups is 1. The molecular weight excluding hydrogens is 430 g/mol. The maximum Gasteiger partial charge on any atom is 0.416 e. The van der Waals surface area contributed by atoms with Crippen LogP contribution in [-0.4, -0.2) is 32.2 Å². The molecule has 0 spiro atoms. The molecule has 2 aromatic rings. The highest BCUT2D eigenvalue weighted by Gasteiger charge is 2.31. The number of carbonyl (C=O) groups excluding carboxylic acids is 1. The number of alkyl halides is 6. The minimum Gasteiger partial charge on any atom is -0.308 e. The van der Waals surface area contributed by atoms with Gasteiger partial charge >= 0.3 is 18.4 Å². The van der Waals surface area contributed by atoms with Gasteiger partial charge in [0.15, 0.2) is 0 Å². The molecule has 14 heteroatoms. The molecule has 0 aliphatic rings. The summed E-state index contributed by atoms with van der Waals surface area (Å²) in [7, 11) is -4.51. The number of sulfonamides is 1. The van der Waals surface area contributed by atoms with Crippen LogP contribution in [0.5, 0.6) is 0 Å². The van der Waals surface area contributed by atoms with Gasteiger partial charge in [-0.1, -0.05) is 6.07 Å². The number of anilines is 2. The van der Waals surface area contributed by atoms with E-state index in [0.717, 1.165) is 24.4 Å². The van der Waals surface area contributed by atoms with Crippen LogP contribution in [0.15, 0.2) is 47.5 Å². The van der Waals surface area contributed by atoms with Gasteiger partial charge < -0.3 is 5.32 Å². The number of urea groups is 1. The summed E-state index contributed by atoms with van der Waals surface area (Å²) in [6, 6.07) is 4.48. The maximum absolute atomic E-state index is 12.7. The lowest BCUT2D eigenvalue weighted by atomic mass is 10.2. The van der Waals surface area contributed by atoms with Crippen LogP contribution < -0.4 is 15.4 Å². The molecule has 1 heterocycles. The molecule has 0 bridgehead atoms. The third-order valence-electron chi connectivity index (χ3n) is 3.19. The second-order valence-electron chi connectivity index (χ2n) is 5.47. The van der Waals surface area contributed by atoms with Gasteiger partial charge in [0.25, 0.3) is 0 Å². The van der Waals surface area contributed by atoms with E-state index in [-0.39, 0.29) is 5.69 Å². The summed E-state index contributed by atoms with van der Waals surface area (Å²) in [5.41, 5.74) is -1.18. The number of benzene rings is 1. The van der Waals surface area contributed by atoms with E-state index in [1.807, 2.05) is 5.32 Å². The Morgan fingerprint density at radius 2 is 1.69 bits per heavy atom. The Balaban J connectivity index is 2.09. The van der Waals surface area contributed by atoms with E-state index in [1.165, 1.54) is 10.8 Å². The monoisotopic (exact) mass is 442 g/mol. The SMILES string of the molecule is O=C(Nc1cccc(S(=O)(=O)NCC(F)(F)F)c1)Nc1cc(C(F)(F)F)ccn1. The lowest BCUT2D eigenvalue weighted by molar-refractivity contribution is -0.137. The molecule has 158 valence electrons. The van der Waals surface area contributed by atoms with Crippen molar-refractivity contribution in [3.05, 3.63) is 48.2 Å². The van der Waals surface area contributed by atoms with Crippen LogP contribution in [0.2, 0.25) is 0 Å². The summed E-state index contributed by atoms with van der Waals surface area (Å²) < 4.78 is 99.7. The maximum atomic E-state index is 12.7. The van der Waals surface area contributed by atoms with Crippen molar-refractivity contribution in [2.75, 3.05) is 17.2 Å². The number of halogens is 6. The van der Waals surface area contributed by atoms with Crippen LogP contribution in [0.25, 0.3) is 0 Å². The van der Waals surface area contributed by atoms with Crippen molar-refractivity contribution < 1.29 is 39.6 Å². The number of amides is 2. The third-order valence-corrected chi connectivity index (χ3v) is 4.59. The van der Waals surface area contributed by atoms with Crippen molar-refractivity contribution in [1.82, 2.24) is 9.71 Å². The molecule has 0 saturated carbocycles. The number of nitrogens with one attached hydrogen (secondary N) is 3. The Kier molecular flexibility index (Phi) is 6.37.